The van der Waals surface area contributed by atoms with Crippen LogP contribution in [-0.4, -0.2) is 23.2 Å². The van der Waals surface area contributed by atoms with Crippen molar-refractivity contribution in [3.8, 4) is 0 Å². The Morgan fingerprint density at radius 1 is 1.17 bits per heavy atom. The highest BCUT2D eigenvalue weighted by atomic mass is 16.6. The van der Waals surface area contributed by atoms with Crippen molar-refractivity contribution in [3.63, 3.8) is 0 Å². The zero-order chi connectivity index (χ0) is 9.72. The van der Waals surface area contributed by atoms with Gasteiger partial charge in [-0.15, -0.1) is 0 Å². The molecule has 3 nitrogen and oxygen atoms in total. The number of rotatable bonds is 5. The van der Waals surface area contributed by atoms with Gasteiger partial charge in [0.25, 0.3) is 0 Å². The maximum absolute atomic E-state index is 5.22. The molecule has 74 valence electrons. The molecule has 0 fully saturated rings. The lowest BCUT2D eigenvalue weighted by Gasteiger charge is -2.35. The fourth-order valence-corrected chi connectivity index (χ4v) is 1.64. The summed E-state index contributed by atoms with van der Waals surface area (Å²) in [4.78, 5) is 7.17. The van der Waals surface area contributed by atoms with Crippen LogP contribution in [0.5, 0.6) is 0 Å². The molecule has 0 saturated carbocycles. The van der Waals surface area contributed by atoms with Gasteiger partial charge in [0.05, 0.1) is 0 Å². The van der Waals surface area contributed by atoms with Crippen LogP contribution in [0.15, 0.2) is 0 Å². The summed E-state index contributed by atoms with van der Waals surface area (Å²) in [5.41, 5.74) is 0. The van der Waals surface area contributed by atoms with Crippen LogP contribution in [0, 0.1) is 0 Å². The molecule has 0 aliphatic carbocycles. The van der Waals surface area contributed by atoms with E-state index < -0.39 is 0 Å². The quantitative estimate of drug-likeness (QED) is 0.509. The second-order valence-corrected chi connectivity index (χ2v) is 3.63. The second-order valence-electron chi connectivity index (χ2n) is 3.63. The summed E-state index contributed by atoms with van der Waals surface area (Å²) in [5, 5.41) is 0. The van der Waals surface area contributed by atoms with Gasteiger partial charge in [-0.3, -0.25) is 9.74 Å². The number of nitrogens with two attached hydrogens (primary N) is 1. The Kier molecular flexibility index (Phi) is 5.46. The van der Waals surface area contributed by atoms with Gasteiger partial charge in [-0.1, -0.05) is 6.92 Å². The Morgan fingerprint density at radius 2 is 1.58 bits per heavy atom. The SMILES string of the molecule is CCC(ON)N(C(C)C)C(C)C. The minimum absolute atomic E-state index is 0.0463. The summed E-state index contributed by atoms with van der Waals surface area (Å²) >= 11 is 0. The monoisotopic (exact) mass is 174 g/mol. The van der Waals surface area contributed by atoms with Crippen LogP contribution < -0.4 is 5.90 Å². The maximum atomic E-state index is 5.22. The predicted octanol–water partition coefficient (Wildman–Crippen LogP) is 1.73. The Labute approximate surface area is 75.8 Å². The lowest BCUT2D eigenvalue weighted by Crippen LogP contribution is -2.47. The third-order valence-electron chi connectivity index (χ3n) is 2.03. The summed E-state index contributed by atoms with van der Waals surface area (Å²) in [5.74, 6) is 5.22. The smallest absolute Gasteiger partial charge is 0.131 e. The zero-order valence-corrected chi connectivity index (χ0v) is 8.87. The van der Waals surface area contributed by atoms with Gasteiger partial charge in [0.15, 0.2) is 0 Å². The van der Waals surface area contributed by atoms with Crippen LogP contribution >= 0.6 is 0 Å². The average Bonchev–Trinajstić information content (AvgIpc) is 1.98. The molecular formula is C9H22N2O. The molecule has 0 saturated heterocycles. The van der Waals surface area contributed by atoms with Crippen LogP contribution in [0.3, 0.4) is 0 Å². The molecule has 0 aromatic rings. The molecule has 0 amide bonds. The molecular weight excluding hydrogens is 152 g/mol. The number of nitrogens with zero attached hydrogens (tertiary/aromatic N) is 1. The standard InChI is InChI=1S/C9H22N2O/c1-6-9(12-10)11(7(2)3)8(4)5/h7-9H,6,10H2,1-5H3. The first-order valence-corrected chi connectivity index (χ1v) is 4.67. The molecule has 1 unspecified atom stereocenters. The maximum Gasteiger partial charge on any atom is 0.131 e. The minimum Gasteiger partial charge on any atom is -0.286 e. The van der Waals surface area contributed by atoms with Crippen molar-refractivity contribution in [1.82, 2.24) is 4.90 Å². The van der Waals surface area contributed by atoms with Gasteiger partial charge in [0.1, 0.15) is 6.23 Å². The first-order chi connectivity index (χ1) is 5.54. The van der Waals surface area contributed by atoms with Crippen molar-refractivity contribution < 1.29 is 4.84 Å². The van der Waals surface area contributed by atoms with E-state index in [1.165, 1.54) is 0 Å². The summed E-state index contributed by atoms with van der Waals surface area (Å²) in [6.45, 7) is 10.7. The molecule has 0 aliphatic heterocycles. The normalized spacial score (nSPS) is 14.8. The van der Waals surface area contributed by atoms with Gasteiger partial charge in [0.2, 0.25) is 0 Å². The van der Waals surface area contributed by atoms with Gasteiger partial charge >= 0.3 is 0 Å². The fourth-order valence-electron chi connectivity index (χ4n) is 1.64. The van der Waals surface area contributed by atoms with Crippen LogP contribution in [0.4, 0.5) is 0 Å². The van der Waals surface area contributed by atoms with E-state index in [9.17, 15) is 0 Å². The molecule has 3 heteroatoms. The van der Waals surface area contributed by atoms with Crippen molar-refractivity contribution in [3.05, 3.63) is 0 Å². The van der Waals surface area contributed by atoms with E-state index >= 15 is 0 Å². The van der Waals surface area contributed by atoms with Crippen LogP contribution in [-0.2, 0) is 4.84 Å². The summed E-state index contributed by atoms with van der Waals surface area (Å²) in [7, 11) is 0. The van der Waals surface area contributed by atoms with Crippen molar-refractivity contribution in [2.45, 2.75) is 59.4 Å². The van der Waals surface area contributed by atoms with E-state index in [2.05, 4.69) is 39.5 Å². The first-order valence-electron chi connectivity index (χ1n) is 4.67. The lowest BCUT2D eigenvalue weighted by molar-refractivity contribution is -0.0917. The highest BCUT2D eigenvalue weighted by Gasteiger charge is 2.22. The van der Waals surface area contributed by atoms with E-state index in [4.69, 9.17) is 10.7 Å². The van der Waals surface area contributed by atoms with Crippen LogP contribution in [0.2, 0.25) is 0 Å². The molecule has 1 atom stereocenters. The molecule has 0 radical (unpaired) electrons. The Morgan fingerprint density at radius 3 is 1.67 bits per heavy atom. The fraction of sp³-hybridized carbons (Fsp3) is 1.00. The number of hydrogen-bond donors (Lipinski definition) is 1. The van der Waals surface area contributed by atoms with E-state index in [1.54, 1.807) is 0 Å². The summed E-state index contributed by atoms with van der Waals surface area (Å²) in [6.07, 6.45) is 0.970. The molecule has 2 N–H and O–H groups in total. The molecule has 12 heavy (non-hydrogen) atoms. The molecule has 0 rings (SSSR count). The van der Waals surface area contributed by atoms with E-state index in [-0.39, 0.29) is 6.23 Å². The van der Waals surface area contributed by atoms with Gasteiger partial charge in [-0.25, -0.2) is 5.90 Å². The highest BCUT2D eigenvalue weighted by Crippen LogP contribution is 2.12. The molecule has 0 bridgehead atoms. The van der Waals surface area contributed by atoms with Gasteiger partial charge in [0, 0.05) is 12.1 Å². The average molecular weight is 174 g/mol. The van der Waals surface area contributed by atoms with Gasteiger partial charge in [-0.2, -0.15) is 0 Å². The molecule has 0 aromatic heterocycles. The van der Waals surface area contributed by atoms with Crippen molar-refractivity contribution in [1.29, 1.82) is 0 Å². The molecule has 0 heterocycles. The van der Waals surface area contributed by atoms with Crippen LogP contribution in [0.25, 0.3) is 0 Å². The Balaban J connectivity index is 4.26. The van der Waals surface area contributed by atoms with Crippen LogP contribution in [0.1, 0.15) is 41.0 Å². The minimum atomic E-state index is 0.0463. The third kappa shape index (κ3) is 3.09. The van der Waals surface area contributed by atoms with E-state index in [1.807, 2.05) is 0 Å². The van der Waals surface area contributed by atoms with E-state index in [0.29, 0.717) is 12.1 Å². The van der Waals surface area contributed by atoms with Gasteiger partial charge < -0.3 is 0 Å². The van der Waals surface area contributed by atoms with Crippen molar-refractivity contribution in [2.75, 3.05) is 0 Å². The van der Waals surface area contributed by atoms with E-state index in [0.717, 1.165) is 6.42 Å². The Hall–Kier alpha value is -0.120. The zero-order valence-electron chi connectivity index (χ0n) is 8.87. The molecule has 0 spiro atoms. The Bertz CT molecular complexity index is 103. The highest BCUT2D eigenvalue weighted by molar-refractivity contribution is 4.70. The van der Waals surface area contributed by atoms with Gasteiger partial charge in [-0.05, 0) is 34.1 Å². The van der Waals surface area contributed by atoms with Crippen molar-refractivity contribution in [2.24, 2.45) is 5.90 Å². The van der Waals surface area contributed by atoms with Crippen molar-refractivity contribution >= 4 is 0 Å². The second kappa shape index (κ2) is 5.51. The third-order valence-corrected chi connectivity index (χ3v) is 2.03. The lowest BCUT2D eigenvalue weighted by atomic mass is 10.2. The summed E-state index contributed by atoms with van der Waals surface area (Å²) < 4.78 is 0. The first kappa shape index (κ1) is 11.9. The molecule has 0 aliphatic rings. The topological polar surface area (TPSA) is 38.5 Å². The molecule has 0 aromatic carbocycles. The largest absolute Gasteiger partial charge is 0.286 e. The predicted molar refractivity (Wildman–Crippen MR) is 51.5 cm³/mol. The summed E-state index contributed by atoms with van der Waals surface area (Å²) in [6, 6.07) is 0.942. The number of hydrogen-bond acceptors (Lipinski definition) is 3.